The summed E-state index contributed by atoms with van der Waals surface area (Å²) in [6, 6.07) is 0. The molecule has 1 saturated heterocycles. The topological polar surface area (TPSA) is 102 Å². The van der Waals surface area contributed by atoms with E-state index in [1.54, 1.807) is 0 Å². The van der Waals surface area contributed by atoms with Crippen LogP contribution in [0.3, 0.4) is 0 Å². The van der Waals surface area contributed by atoms with Crippen molar-refractivity contribution in [3.8, 4) is 0 Å². The molecule has 10 heteroatoms. The SMILES string of the molecule is C=CCOC(=O)C(CC(C)O)(OC(=O)C[C@@H]1C(=O)N[C@@H]1S)[Si](C)(C)C.[Ag]. The summed E-state index contributed by atoms with van der Waals surface area (Å²) >= 11 is 4.15. The smallest absolute Gasteiger partial charge is 0.346 e. The maximum Gasteiger partial charge on any atom is 0.346 e. The zero-order valence-electron chi connectivity index (χ0n) is 15.4. The Balaban J connectivity index is 0.00000625. The number of aliphatic hydroxyl groups excluding tert-OH is 1. The zero-order valence-corrected chi connectivity index (χ0v) is 18.8. The number of β-lactam (4-membered cyclic amide) rings is 1. The Morgan fingerprint density at radius 1 is 1.46 bits per heavy atom. The van der Waals surface area contributed by atoms with Gasteiger partial charge in [-0.15, -0.1) is 0 Å². The van der Waals surface area contributed by atoms with Crippen LogP contribution in [-0.4, -0.2) is 54.3 Å². The maximum absolute atomic E-state index is 12.7. The second kappa shape index (κ2) is 10.1. The molecule has 1 radical (unpaired) electrons. The third-order valence-electron chi connectivity index (χ3n) is 4.14. The van der Waals surface area contributed by atoms with Crippen molar-refractivity contribution in [2.24, 2.45) is 5.92 Å². The number of amides is 1. The molecule has 0 aromatic rings. The fourth-order valence-electron chi connectivity index (χ4n) is 2.62. The van der Waals surface area contributed by atoms with Gasteiger partial charge in [0, 0.05) is 28.8 Å². The zero-order chi connectivity index (χ0) is 19.4. The van der Waals surface area contributed by atoms with E-state index in [0.29, 0.717) is 0 Å². The molecule has 1 aliphatic heterocycles. The second-order valence-electron chi connectivity index (χ2n) is 7.26. The van der Waals surface area contributed by atoms with Gasteiger partial charge in [0.1, 0.15) is 14.7 Å². The Kier molecular flexibility index (Phi) is 9.87. The van der Waals surface area contributed by atoms with Gasteiger partial charge in [0.15, 0.2) is 5.22 Å². The first-order valence-corrected chi connectivity index (χ1v) is 12.1. The van der Waals surface area contributed by atoms with Gasteiger partial charge in [-0.2, -0.15) is 12.6 Å². The molecular formula is C16H27AgNO6SSi. The summed E-state index contributed by atoms with van der Waals surface area (Å²) in [5.74, 6) is -2.25. The number of hydrogen-bond acceptors (Lipinski definition) is 7. The Morgan fingerprint density at radius 3 is 2.42 bits per heavy atom. The van der Waals surface area contributed by atoms with E-state index in [-0.39, 0.29) is 47.7 Å². The predicted molar refractivity (Wildman–Crippen MR) is 98.6 cm³/mol. The Bertz CT molecular complexity index is 553. The minimum absolute atomic E-state index is 0. The van der Waals surface area contributed by atoms with Gasteiger partial charge in [0.25, 0.3) is 0 Å². The van der Waals surface area contributed by atoms with Gasteiger partial charge in [-0.1, -0.05) is 32.3 Å². The van der Waals surface area contributed by atoms with Crippen LogP contribution in [0.2, 0.25) is 19.6 Å². The number of rotatable bonds is 9. The van der Waals surface area contributed by atoms with E-state index in [2.05, 4.69) is 24.5 Å². The van der Waals surface area contributed by atoms with E-state index in [4.69, 9.17) is 9.47 Å². The van der Waals surface area contributed by atoms with Gasteiger partial charge < -0.3 is 19.9 Å². The van der Waals surface area contributed by atoms with E-state index in [9.17, 15) is 19.5 Å². The first-order valence-electron chi connectivity index (χ1n) is 8.11. The molecule has 2 N–H and O–H groups in total. The van der Waals surface area contributed by atoms with Gasteiger partial charge >= 0.3 is 11.9 Å². The monoisotopic (exact) mass is 496 g/mol. The number of carbonyl (C=O) groups excluding carboxylic acids is 3. The molecule has 0 aromatic heterocycles. The van der Waals surface area contributed by atoms with Crippen molar-refractivity contribution >= 4 is 38.5 Å². The van der Waals surface area contributed by atoms with E-state index >= 15 is 0 Å². The minimum atomic E-state index is -2.48. The van der Waals surface area contributed by atoms with Crippen molar-refractivity contribution in [3.63, 3.8) is 0 Å². The van der Waals surface area contributed by atoms with Gasteiger partial charge in [-0.3, -0.25) is 9.59 Å². The first kappa shape index (κ1) is 25.4. The van der Waals surface area contributed by atoms with Gasteiger partial charge in [0.05, 0.1) is 23.8 Å². The van der Waals surface area contributed by atoms with Crippen molar-refractivity contribution in [1.82, 2.24) is 5.32 Å². The molecule has 2 unspecified atom stereocenters. The maximum atomic E-state index is 12.7. The Labute approximate surface area is 176 Å². The van der Waals surface area contributed by atoms with E-state index < -0.39 is 42.6 Å². The van der Waals surface area contributed by atoms with Crippen LogP contribution in [0.4, 0.5) is 0 Å². The van der Waals surface area contributed by atoms with Crippen LogP contribution >= 0.6 is 12.6 Å². The molecule has 26 heavy (non-hydrogen) atoms. The van der Waals surface area contributed by atoms with Crippen molar-refractivity contribution in [3.05, 3.63) is 12.7 Å². The Hall–Kier alpha value is -0.583. The number of aliphatic hydroxyl groups is 1. The number of carbonyl (C=O) groups is 3. The summed E-state index contributed by atoms with van der Waals surface area (Å²) in [5, 5.41) is 10.4. The van der Waals surface area contributed by atoms with Crippen molar-refractivity contribution < 1.29 is 51.3 Å². The summed E-state index contributed by atoms with van der Waals surface area (Å²) in [5.41, 5.74) is 0. The van der Waals surface area contributed by atoms with E-state index in [1.165, 1.54) is 13.0 Å². The summed E-state index contributed by atoms with van der Waals surface area (Å²) in [6.07, 6.45) is 0.300. The summed E-state index contributed by atoms with van der Waals surface area (Å²) in [7, 11) is -2.48. The van der Waals surface area contributed by atoms with Gasteiger partial charge in [-0.05, 0) is 6.92 Å². The molecule has 1 rings (SSSR count). The van der Waals surface area contributed by atoms with E-state index in [1.807, 2.05) is 19.6 Å². The van der Waals surface area contributed by atoms with Crippen LogP contribution < -0.4 is 5.32 Å². The number of ether oxygens (including phenoxy) is 2. The van der Waals surface area contributed by atoms with Crippen LogP contribution in [0.5, 0.6) is 0 Å². The van der Waals surface area contributed by atoms with Crippen LogP contribution in [0.1, 0.15) is 19.8 Å². The fourth-order valence-corrected chi connectivity index (χ4v) is 5.00. The molecule has 0 saturated carbocycles. The molecule has 1 amide bonds. The summed E-state index contributed by atoms with van der Waals surface area (Å²) in [6.45, 7) is 10.6. The van der Waals surface area contributed by atoms with E-state index in [0.717, 1.165) is 0 Å². The molecule has 0 bridgehead atoms. The number of hydrogen-bond donors (Lipinski definition) is 3. The molecule has 4 atom stereocenters. The largest absolute Gasteiger partial charge is 0.459 e. The fraction of sp³-hybridized carbons (Fsp3) is 0.688. The molecular weight excluding hydrogens is 470 g/mol. The van der Waals surface area contributed by atoms with Crippen molar-refractivity contribution in [1.29, 1.82) is 0 Å². The van der Waals surface area contributed by atoms with Crippen LogP contribution in [0.25, 0.3) is 0 Å². The third-order valence-corrected chi connectivity index (χ3v) is 7.56. The average Bonchev–Trinajstić information content (AvgIpc) is 2.48. The van der Waals surface area contributed by atoms with Crippen LogP contribution in [0, 0.1) is 5.92 Å². The second-order valence-corrected chi connectivity index (χ2v) is 13.1. The average molecular weight is 497 g/mol. The molecule has 0 aliphatic carbocycles. The summed E-state index contributed by atoms with van der Waals surface area (Å²) < 4.78 is 10.8. The van der Waals surface area contributed by atoms with Crippen molar-refractivity contribution in [2.45, 2.75) is 56.1 Å². The standard InChI is InChI=1S/C16H27NO6SSi.Ag/c1-6-7-22-15(21)16(9-10(2)18,25(3,4)5)23-12(19)8-11-13(20)17-14(11)24;/h6,10-11,14,18,24H,1,7-9H2,2-5H3,(H,17,20);/t10?,11-,14-,16?;/m1./s1. The summed E-state index contributed by atoms with van der Waals surface area (Å²) in [4.78, 5) is 36.6. The number of thiol groups is 1. The quantitative estimate of drug-likeness (QED) is 0.145. The normalized spacial score (nSPS) is 22.6. The van der Waals surface area contributed by atoms with Gasteiger partial charge in [0.2, 0.25) is 5.91 Å². The molecule has 1 aliphatic rings. The molecule has 1 heterocycles. The molecule has 0 spiro atoms. The molecule has 153 valence electrons. The third kappa shape index (κ3) is 5.96. The molecule has 7 nitrogen and oxygen atoms in total. The predicted octanol–water partition coefficient (Wildman–Crippen LogP) is 1.04. The minimum Gasteiger partial charge on any atom is -0.459 e. The number of nitrogens with one attached hydrogen (secondary N) is 1. The number of esters is 2. The molecule has 0 aromatic carbocycles. The van der Waals surface area contributed by atoms with Crippen LogP contribution in [-0.2, 0) is 46.2 Å². The van der Waals surface area contributed by atoms with Crippen molar-refractivity contribution in [2.75, 3.05) is 6.61 Å². The van der Waals surface area contributed by atoms with Crippen LogP contribution in [0.15, 0.2) is 12.7 Å². The Morgan fingerprint density at radius 2 is 2.04 bits per heavy atom. The first-order chi connectivity index (χ1) is 11.4. The van der Waals surface area contributed by atoms with Gasteiger partial charge in [-0.25, -0.2) is 4.79 Å². The molecule has 1 fully saturated rings.